The van der Waals surface area contributed by atoms with Gasteiger partial charge in [0.2, 0.25) is 0 Å². The highest BCUT2D eigenvalue weighted by atomic mass is 127. The molecule has 0 aromatic heterocycles. The fraction of sp³-hybridized carbons (Fsp3) is 0.125. The van der Waals surface area contributed by atoms with Gasteiger partial charge >= 0.3 is 6.09 Å². The highest BCUT2D eigenvalue weighted by Gasteiger charge is 2.00. The first-order valence-electron chi connectivity index (χ1n) is 3.33. The van der Waals surface area contributed by atoms with Gasteiger partial charge in [0, 0.05) is 3.57 Å². The van der Waals surface area contributed by atoms with E-state index in [0.29, 0.717) is 5.75 Å². The van der Waals surface area contributed by atoms with Gasteiger partial charge < -0.3 is 10.5 Å². The topological polar surface area (TPSA) is 52.3 Å². The summed E-state index contributed by atoms with van der Waals surface area (Å²) in [6, 6.07) is 5.35. The molecule has 0 radical (unpaired) electrons. The lowest BCUT2D eigenvalue weighted by molar-refractivity contribution is 0.211. The van der Waals surface area contributed by atoms with E-state index in [1.807, 2.05) is 13.0 Å². The summed E-state index contributed by atoms with van der Waals surface area (Å²) in [4.78, 5) is 10.4. The van der Waals surface area contributed by atoms with Crippen LogP contribution >= 0.6 is 22.6 Å². The van der Waals surface area contributed by atoms with Crippen LogP contribution in [0.15, 0.2) is 18.2 Å². The standard InChI is InChI=1S/C8H8INO2/c1-5-4-6(12-8(10)11)2-3-7(5)9/h2-4H,1H3,(H2,10,11). The summed E-state index contributed by atoms with van der Waals surface area (Å²) in [7, 11) is 0. The molecule has 1 aromatic carbocycles. The van der Waals surface area contributed by atoms with Crippen LogP contribution in [0.3, 0.4) is 0 Å². The number of carbonyl (C=O) groups is 1. The van der Waals surface area contributed by atoms with Gasteiger partial charge in [-0.1, -0.05) is 0 Å². The Labute approximate surface area is 84.0 Å². The zero-order valence-corrected chi connectivity index (χ0v) is 8.66. The largest absolute Gasteiger partial charge is 0.410 e. The minimum atomic E-state index is -0.782. The first-order valence-corrected chi connectivity index (χ1v) is 4.41. The second kappa shape index (κ2) is 3.75. The second-order valence-corrected chi connectivity index (χ2v) is 3.49. The minimum absolute atomic E-state index is 0.486. The maximum atomic E-state index is 10.4. The summed E-state index contributed by atoms with van der Waals surface area (Å²) >= 11 is 2.20. The maximum Gasteiger partial charge on any atom is 0.409 e. The van der Waals surface area contributed by atoms with Crippen molar-refractivity contribution in [1.29, 1.82) is 0 Å². The van der Waals surface area contributed by atoms with Crippen molar-refractivity contribution in [1.82, 2.24) is 0 Å². The third-order valence-corrected chi connectivity index (χ3v) is 2.56. The predicted octanol–water partition coefficient (Wildman–Crippen LogP) is 2.06. The Kier molecular flexibility index (Phi) is 2.91. The number of halogens is 1. The first-order chi connectivity index (χ1) is 5.59. The van der Waals surface area contributed by atoms with E-state index in [4.69, 9.17) is 5.73 Å². The lowest BCUT2D eigenvalue weighted by Gasteiger charge is -2.02. The lowest BCUT2D eigenvalue weighted by atomic mass is 10.2. The fourth-order valence-electron chi connectivity index (χ4n) is 0.797. The van der Waals surface area contributed by atoms with Crippen molar-refractivity contribution in [2.45, 2.75) is 6.92 Å². The number of rotatable bonds is 1. The first kappa shape index (κ1) is 9.31. The van der Waals surface area contributed by atoms with Crippen molar-refractivity contribution in [3.05, 3.63) is 27.3 Å². The fourth-order valence-corrected chi connectivity index (χ4v) is 1.13. The molecule has 0 aliphatic rings. The minimum Gasteiger partial charge on any atom is -0.410 e. The molecular formula is C8H8INO2. The molecular weight excluding hydrogens is 269 g/mol. The number of hydrogen-bond donors (Lipinski definition) is 1. The van der Waals surface area contributed by atoms with Crippen LogP contribution in [0.5, 0.6) is 5.75 Å². The van der Waals surface area contributed by atoms with E-state index in [2.05, 4.69) is 27.3 Å². The van der Waals surface area contributed by atoms with E-state index >= 15 is 0 Å². The third-order valence-electron chi connectivity index (χ3n) is 1.35. The Bertz CT molecular complexity index is 312. The summed E-state index contributed by atoms with van der Waals surface area (Å²) in [6.45, 7) is 1.94. The monoisotopic (exact) mass is 277 g/mol. The summed E-state index contributed by atoms with van der Waals surface area (Å²) in [6.07, 6.45) is -0.782. The molecule has 0 aliphatic carbocycles. The molecule has 0 unspecified atom stereocenters. The van der Waals surface area contributed by atoms with E-state index in [1.165, 1.54) is 0 Å². The van der Waals surface area contributed by atoms with Gasteiger partial charge in [-0.15, -0.1) is 0 Å². The van der Waals surface area contributed by atoms with Crippen molar-refractivity contribution >= 4 is 28.7 Å². The molecule has 0 atom stereocenters. The molecule has 1 amide bonds. The van der Waals surface area contributed by atoms with Crippen LogP contribution in [0, 0.1) is 10.5 Å². The Morgan fingerprint density at radius 1 is 1.58 bits per heavy atom. The lowest BCUT2D eigenvalue weighted by Crippen LogP contribution is -2.16. The maximum absolute atomic E-state index is 10.4. The summed E-state index contributed by atoms with van der Waals surface area (Å²) < 4.78 is 5.81. The quantitative estimate of drug-likeness (QED) is 0.799. The van der Waals surface area contributed by atoms with Gasteiger partial charge in [0.15, 0.2) is 0 Å². The molecule has 1 rings (SSSR count). The molecule has 2 N–H and O–H groups in total. The molecule has 3 nitrogen and oxygen atoms in total. The number of amides is 1. The van der Waals surface area contributed by atoms with E-state index in [9.17, 15) is 4.79 Å². The molecule has 0 saturated heterocycles. The van der Waals surface area contributed by atoms with Crippen molar-refractivity contribution in [2.24, 2.45) is 5.73 Å². The van der Waals surface area contributed by atoms with E-state index in [-0.39, 0.29) is 0 Å². The number of benzene rings is 1. The van der Waals surface area contributed by atoms with Crippen LogP contribution in [0.2, 0.25) is 0 Å². The van der Waals surface area contributed by atoms with Crippen LogP contribution in [0.25, 0.3) is 0 Å². The number of aryl methyl sites for hydroxylation is 1. The van der Waals surface area contributed by atoms with Crippen LogP contribution in [0.4, 0.5) is 4.79 Å². The Morgan fingerprint density at radius 3 is 2.75 bits per heavy atom. The molecule has 0 spiro atoms. The number of ether oxygens (including phenoxy) is 1. The summed E-state index contributed by atoms with van der Waals surface area (Å²) in [5.41, 5.74) is 5.91. The SMILES string of the molecule is Cc1cc(OC(N)=O)ccc1I. The highest BCUT2D eigenvalue weighted by Crippen LogP contribution is 2.18. The zero-order valence-electron chi connectivity index (χ0n) is 6.50. The predicted molar refractivity (Wildman–Crippen MR) is 54.1 cm³/mol. The number of primary amides is 1. The van der Waals surface area contributed by atoms with Crippen molar-refractivity contribution in [3.8, 4) is 5.75 Å². The van der Waals surface area contributed by atoms with Gasteiger partial charge in [-0.3, -0.25) is 0 Å². The van der Waals surface area contributed by atoms with Crippen LogP contribution in [-0.4, -0.2) is 6.09 Å². The molecule has 1 aromatic rings. The van der Waals surface area contributed by atoms with E-state index < -0.39 is 6.09 Å². The number of nitrogens with two attached hydrogens (primary N) is 1. The average Bonchev–Trinajstić information content (AvgIpc) is 1.96. The number of carbonyl (C=O) groups excluding carboxylic acids is 1. The molecule has 0 bridgehead atoms. The van der Waals surface area contributed by atoms with E-state index in [0.717, 1.165) is 9.13 Å². The molecule has 64 valence electrons. The van der Waals surface area contributed by atoms with Crippen molar-refractivity contribution in [3.63, 3.8) is 0 Å². The average molecular weight is 277 g/mol. The van der Waals surface area contributed by atoms with Crippen LogP contribution in [-0.2, 0) is 0 Å². The molecule has 0 heterocycles. The number of hydrogen-bond acceptors (Lipinski definition) is 2. The molecule has 0 aliphatic heterocycles. The van der Waals surface area contributed by atoms with Crippen molar-refractivity contribution < 1.29 is 9.53 Å². The smallest absolute Gasteiger partial charge is 0.409 e. The van der Waals surface area contributed by atoms with Gasteiger partial charge in [0.1, 0.15) is 5.75 Å². The zero-order chi connectivity index (χ0) is 9.14. The molecule has 0 saturated carbocycles. The van der Waals surface area contributed by atoms with Crippen LogP contribution < -0.4 is 10.5 Å². The summed E-state index contributed by atoms with van der Waals surface area (Å²) in [5, 5.41) is 0. The molecule has 0 fully saturated rings. The Balaban J connectivity index is 2.89. The molecule has 12 heavy (non-hydrogen) atoms. The normalized spacial score (nSPS) is 9.50. The summed E-state index contributed by atoms with van der Waals surface area (Å²) in [5.74, 6) is 0.486. The third kappa shape index (κ3) is 2.37. The highest BCUT2D eigenvalue weighted by molar-refractivity contribution is 14.1. The molecule has 4 heteroatoms. The van der Waals surface area contributed by atoms with Gasteiger partial charge in [-0.25, -0.2) is 4.79 Å². The Hall–Kier alpha value is -0.780. The van der Waals surface area contributed by atoms with Gasteiger partial charge in [-0.05, 0) is 53.3 Å². The van der Waals surface area contributed by atoms with Gasteiger partial charge in [0.05, 0.1) is 0 Å². The second-order valence-electron chi connectivity index (χ2n) is 2.33. The van der Waals surface area contributed by atoms with Crippen LogP contribution in [0.1, 0.15) is 5.56 Å². The van der Waals surface area contributed by atoms with Gasteiger partial charge in [0.25, 0.3) is 0 Å². The van der Waals surface area contributed by atoms with Gasteiger partial charge in [-0.2, -0.15) is 0 Å². The van der Waals surface area contributed by atoms with E-state index in [1.54, 1.807) is 12.1 Å². The van der Waals surface area contributed by atoms with Crippen molar-refractivity contribution in [2.75, 3.05) is 0 Å². The Morgan fingerprint density at radius 2 is 2.25 bits per heavy atom.